The molecular formula is C10H15N5O3. The Morgan fingerprint density at radius 1 is 1.50 bits per heavy atom. The standard InChI is InChI=1S/C10H15N5O3/c1-11-9-12-5-7-8(14-9)15(6-13-7)10(17)18-4-2-3-16/h5-6,10,16-17H,2-4H2,1H3,(H,11,12,14). The summed E-state index contributed by atoms with van der Waals surface area (Å²) in [6.07, 6.45) is 2.27. The van der Waals surface area contributed by atoms with E-state index in [1.165, 1.54) is 10.9 Å². The van der Waals surface area contributed by atoms with E-state index < -0.39 is 6.41 Å². The summed E-state index contributed by atoms with van der Waals surface area (Å²) in [4.78, 5) is 12.3. The van der Waals surface area contributed by atoms with Crippen molar-refractivity contribution in [3.8, 4) is 0 Å². The normalized spacial score (nSPS) is 12.8. The Morgan fingerprint density at radius 3 is 3.06 bits per heavy atom. The Hall–Kier alpha value is -1.77. The van der Waals surface area contributed by atoms with E-state index in [2.05, 4.69) is 20.3 Å². The molecule has 0 amide bonds. The van der Waals surface area contributed by atoms with Gasteiger partial charge in [-0.1, -0.05) is 0 Å². The highest BCUT2D eigenvalue weighted by atomic mass is 16.6. The molecular weight excluding hydrogens is 238 g/mol. The van der Waals surface area contributed by atoms with Crippen LogP contribution in [0.3, 0.4) is 0 Å². The van der Waals surface area contributed by atoms with Gasteiger partial charge in [0, 0.05) is 13.7 Å². The van der Waals surface area contributed by atoms with Gasteiger partial charge in [0.1, 0.15) is 11.8 Å². The number of aliphatic hydroxyl groups excluding tert-OH is 2. The van der Waals surface area contributed by atoms with Crippen LogP contribution in [-0.4, -0.2) is 50.0 Å². The number of hydrogen-bond acceptors (Lipinski definition) is 7. The second-order valence-electron chi connectivity index (χ2n) is 3.58. The molecule has 2 rings (SSSR count). The maximum atomic E-state index is 9.84. The van der Waals surface area contributed by atoms with Crippen molar-refractivity contribution in [2.24, 2.45) is 0 Å². The molecule has 18 heavy (non-hydrogen) atoms. The molecule has 0 saturated heterocycles. The van der Waals surface area contributed by atoms with Gasteiger partial charge in [0.25, 0.3) is 0 Å². The second-order valence-corrected chi connectivity index (χ2v) is 3.58. The van der Waals surface area contributed by atoms with Crippen molar-refractivity contribution in [3.63, 3.8) is 0 Å². The Balaban J connectivity index is 2.21. The minimum Gasteiger partial charge on any atom is -0.396 e. The first-order valence-corrected chi connectivity index (χ1v) is 5.54. The summed E-state index contributed by atoms with van der Waals surface area (Å²) in [6.45, 7) is 0.269. The van der Waals surface area contributed by atoms with Crippen LogP contribution < -0.4 is 5.32 Å². The highest BCUT2D eigenvalue weighted by Crippen LogP contribution is 2.15. The lowest BCUT2D eigenvalue weighted by Gasteiger charge is -2.13. The van der Waals surface area contributed by atoms with Gasteiger partial charge in [-0.15, -0.1) is 0 Å². The van der Waals surface area contributed by atoms with Crippen LogP contribution in [0.5, 0.6) is 0 Å². The Kier molecular flexibility index (Phi) is 4.03. The molecule has 98 valence electrons. The van der Waals surface area contributed by atoms with Crippen molar-refractivity contribution in [1.29, 1.82) is 0 Å². The molecule has 0 aliphatic carbocycles. The zero-order valence-corrected chi connectivity index (χ0v) is 9.94. The molecule has 8 nitrogen and oxygen atoms in total. The topological polar surface area (TPSA) is 105 Å². The van der Waals surface area contributed by atoms with E-state index in [4.69, 9.17) is 9.84 Å². The van der Waals surface area contributed by atoms with Gasteiger partial charge in [-0.3, -0.25) is 4.57 Å². The van der Waals surface area contributed by atoms with Gasteiger partial charge >= 0.3 is 0 Å². The third-order valence-electron chi connectivity index (χ3n) is 2.35. The number of fused-ring (bicyclic) bond motifs is 1. The number of hydrogen-bond donors (Lipinski definition) is 3. The molecule has 8 heteroatoms. The molecule has 2 aromatic rings. The highest BCUT2D eigenvalue weighted by molar-refractivity contribution is 5.70. The Bertz CT molecular complexity index is 515. The highest BCUT2D eigenvalue weighted by Gasteiger charge is 2.13. The largest absolute Gasteiger partial charge is 0.396 e. The fourth-order valence-electron chi connectivity index (χ4n) is 1.44. The molecule has 1 atom stereocenters. The zero-order valence-electron chi connectivity index (χ0n) is 9.94. The Morgan fingerprint density at radius 2 is 2.33 bits per heavy atom. The van der Waals surface area contributed by atoms with Crippen LogP contribution >= 0.6 is 0 Å². The maximum Gasteiger partial charge on any atom is 0.244 e. The van der Waals surface area contributed by atoms with Crippen molar-refractivity contribution in [2.75, 3.05) is 25.6 Å². The molecule has 0 bridgehead atoms. The quantitative estimate of drug-likeness (QED) is 0.480. The van der Waals surface area contributed by atoms with Crippen molar-refractivity contribution in [3.05, 3.63) is 12.5 Å². The van der Waals surface area contributed by atoms with E-state index in [0.717, 1.165) is 0 Å². The monoisotopic (exact) mass is 253 g/mol. The molecule has 0 radical (unpaired) electrons. The van der Waals surface area contributed by atoms with E-state index in [-0.39, 0.29) is 13.2 Å². The van der Waals surface area contributed by atoms with Gasteiger partial charge in [0.05, 0.1) is 12.8 Å². The first kappa shape index (κ1) is 12.7. The number of aliphatic hydroxyl groups is 2. The zero-order chi connectivity index (χ0) is 13.0. The number of anilines is 1. The molecule has 1 unspecified atom stereocenters. The molecule has 2 aromatic heterocycles. The van der Waals surface area contributed by atoms with Gasteiger partial charge in [-0.25, -0.2) is 9.97 Å². The van der Waals surface area contributed by atoms with E-state index in [1.54, 1.807) is 13.2 Å². The van der Waals surface area contributed by atoms with E-state index in [1.807, 2.05) is 0 Å². The number of rotatable bonds is 6. The molecule has 0 fully saturated rings. The van der Waals surface area contributed by atoms with E-state index >= 15 is 0 Å². The molecule has 3 N–H and O–H groups in total. The van der Waals surface area contributed by atoms with Crippen LogP contribution in [-0.2, 0) is 4.74 Å². The third-order valence-corrected chi connectivity index (χ3v) is 2.35. The first-order valence-electron chi connectivity index (χ1n) is 5.54. The van der Waals surface area contributed by atoms with Gasteiger partial charge in [0.15, 0.2) is 5.65 Å². The van der Waals surface area contributed by atoms with Crippen molar-refractivity contribution in [1.82, 2.24) is 19.5 Å². The number of nitrogens with zero attached hydrogens (tertiary/aromatic N) is 4. The summed E-state index contributed by atoms with van der Waals surface area (Å²) in [5, 5.41) is 21.3. The molecule has 0 saturated carbocycles. The van der Waals surface area contributed by atoms with Crippen LogP contribution in [0, 0.1) is 0 Å². The van der Waals surface area contributed by atoms with Crippen molar-refractivity contribution in [2.45, 2.75) is 12.8 Å². The minimum absolute atomic E-state index is 0.0173. The fraction of sp³-hybridized carbons (Fsp3) is 0.500. The molecule has 0 aliphatic heterocycles. The molecule has 0 aromatic carbocycles. The second kappa shape index (κ2) is 5.71. The number of aromatic nitrogens is 4. The smallest absolute Gasteiger partial charge is 0.244 e. The average Bonchev–Trinajstić information content (AvgIpc) is 2.81. The maximum absolute atomic E-state index is 9.84. The fourth-order valence-corrected chi connectivity index (χ4v) is 1.44. The van der Waals surface area contributed by atoms with Crippen molar-refractivity contribution >= 4 is 17.1 Å². The summed E-state index contributed by atoms with van der Waals surface area (Å²) in [7, 11) is 1.70. The lowest BCUT2D eigenvalue weighted by atomic mass is 10.5. The number of ether oxygens (including phenoxy) is 1. The average molecular weight is 253 g/mol. The number of imidazole rings is 1. The summed E-state index contributed by atoms with van der Waals surface area (Å²) < 4.78 is 6.54. The molecule has 0 spiro atoms. The van der Waals surface area contributed by atoms with Crippen molar-refractivity contribution < 1.29 is 14.9 Å². The van der Waals surface area contributed by atoms with Crippen LogP contribution in [0.15, 0.2) is 12.5 Å². The lowest BCUT2D eigenvalue weighted by molar-refractivity contribution is -0.152. The summed E-state index contributed by atoms with van der Waals surface area (Å²) in [6, 6.07) is 0. The SMILES string of the molecule is CNc1ncc2ncn(C(O)OCCCO)c2n1. The predicted octanol–water partition coefficient (Wildman–Crippen LogP) is -0.285. The minimum atomic E-state index is -1.18. The van der Waals surface area contributed by atoms with Crippen LogP contribution in [0.25, 0.3) is 11.2 Å². The van der Waals surface area contributed by atoms with Crippen LogP contribution in [0.1, 0.15) is 12.8 Å². The van der Waals surface area contributed by atoms with Gasteiger partial charge in [-0.05, 0) is 6.42 Å². The lowest BCUT2D eigenvalue weighted by Crippen LogP contribution is -2.13. The van der Waals surface area contributed by atoms with Gasteiger partial charge < -0.3 is 20.3 Å². The first-order chi connectivity index (χ1) is 8.76. The van der Waals surface area contributed by atoms with E-state index in [9.17, 15) is 5.11 Å². The molecule has 0 aliphatic rings. The van der Waals surface area contributed by atoms with E-state index in [0.29, 0.717) is 23.5 Å². The third kappa shape index (κ3) is 2.55. The van der Waals surface area contributed by atoms with Crippen LogP contribution in [0.4, 0.5) is 5.95 Å². The Labute approximate surface area is 103 Å². The molecule has 2 heterocycles. The summed E-state index contributed by atoms with van der Waals surface area (Å²) in [5.41, 5.74) is 1.05. The number of nitrogens with one attached hydrogen (secondary N) is 1. The van der Waals surface area contributed by atoms with Gasteiger partial charge in [0.2, 0.25) is 12.4 Å². The van der Waals surface area contributed by atoms with Gasteiger partial charge in [-0.2, -0.15) is 4.98 Å². The predicted molar refractivity (Wildman–Crippen MR) is 63.8 cm³/mol. The summed E-state index contributed by atoms with van der Waals surface area (Å²) >= 11 is 0. The van der Waals surface area contributed by atoms with Crippen LogP contribution in [0.2, 0.25) is 0 Å². The summed E-state index contributed by atoms with van der Waals surface area (Å²) in [5.74, 6) is 0.437.